The van der Waals surface area contributed by atoms with Crippen LogP contribution >= 0.6 is 0 Å². The molecular formula is C10H18F3NO. The summed E-state index contributed by atoms with van der Waals surface area (Å²) in [6.45, 7) is 1.02. The number of halogens is 3. The monoisotopic (exact) mass is 225 g/mol. The number of ether oxygens (including phenoxy) is 1. The predicted octanol–water partition coefficient (Wildman–Crippen LogP) is 2.47. The molecule has 0 heterocycles. The van der Waals surface area contributed by atoms with Gasteiger partial charge in [-0.3, -0.25) is 0 Å². The van der Waals surface area contributed by atoms with Gasteiger partial charge in [0.1, 0.15) is 0 Å². The smallest absolute Gasteiger partial charge is 0.367 e. The molecule has 0 saturated heterocycles. The van der Waals surface area contributed by atoms with Crippen molar-refractivity contribution in [2.24, 2.45) is 11.7 Å². The number of rotatable bonds is 4. The third kappa shape index (κ3) is 3.99. The highest BCUT2D eigenvalue weighted by atomic mass is 19.4. The van der Waals surface area contributed by atoms with Gasteiger partial charge < -0.3 is 10.5 Å². The van der Waals surface area contributed by atoms with Gasteiger partial charge in [-0.15, -0.1) is 0 Å². The molecule has 15 heavy (non-hydrogen) atoms. The van der Waals surface area contributed by atoms with E-state index < -0.39 is 12.3 Å². The highest BCUT2D eigenvalue weighted by Crippen LogP contribution is 2.28. The molecule has 2 unspecified atom stereocenters. The quantitative estimate of drug-likeness (QED) is 0.797. The Labute approximate surface area is 88.0 Å². The third-order valence-corrected chi connectivity index (χ3v) is 3.00. The van der Waals surface area contributed by atoms with Crippen molar-refractivity contribution in [1.29, 1.82) is 0 Å². The molecule has 90 valence electrons. The van der Waals surface area contributed by atoms with Crippen LogP contribution in [0.3, 0.4) is 0 Å². The van der Waals surface area contributed by atoms with Crippen LogP contribution in [0.25, 0.3) is 0 Å². The Balaban J connectivity index is 2.24. The molecule has 0 radical (unpaired) electrons. The molecule has 1 aliphatic rings. The molecule has 0 bridgehead atoms. The fraction of sp³-hybridized carbons (Fsp3) is 1.00. The van der Waals surface area contributed by atoms with Crippen LogP contribution < -0.4 is 5.73 Å². The lowest BCUT2D eigenvalue weighted by Gasteiger charge is -2.22. The summed E-state index contributed by atoms with van der Waals surface area (Å²) in [7, 11) is 0. The Morgan fingerprint density at radius 3 is 2.33 bits per heavy atom. The van der Waals surface area contributed by atoms with Gasteiger partial charge in [0, 0.05) is 6.04 Å². The number of alkyl halides is 3. The van der Waals surface area contributed by atoms with E-state index in [0.717, 1.165) is 32.6 Å². The normalized spacial score (nSPS) is 23.0. The number of hydrogen-bond donors (Lipinski definition) is 1. The van der Waals surface area contributed by atoms with Gasteiger partial charge in [-0.1, -0.05) is 12.8 Å². The Hall–Kier alpha value is -0.290. The molecule has 2 nitrogen and oxygen atoms in total. The van der Waals surface area contributed by atoms with E-state index in [1.165, 1.54) is 0 Å². The SMILES string of the molecule is CC(OCC(N)C1CCCC1)C(F)(F)F. The minimum absolute atomic E-state index is 0.00530. The van der Waals surface area contributed by atoms with Crippen LogP contribution in [0.5, 0.6) is 0 Å². The van der Waals surface area contributed by atoms with Crippen LogP contribution in [-0.2, 0) is 4.74 Å². The van der Waals surface area contributed by atoms with E-state index in [2.05, 4.69) is 0 Å². The highest BCUT2D eigenvalue weighted by Gasteiger charge is 2.37. The Kier molecular flexibility index (Phi) is 4.40. The minimum atomic E-state index is -4.28. The van der Waals surface area contributed by atoms with Crippen molar-refractivity contribution in [2.45, 2.75) is 50.9 Å². The molecule has 1 rings (SSSR count). The first-order valence-corrected chi connectivity index (χ1v) is 5.35. The maximum Gasteiger partial charge on any atom is 0.414 e. The second-order valence-electron chi connectivity index (χ2n) is 4.23. The van der Waals surface area contributed by atoms with Crippen LogP contribution in [0, 0.1) is 5.92 Å². The van der Waals surface area contributed by atoms with E-state index in [1.807, 2.05) is 0 Å². The summed E-state index contributed by atoms with van der Waals surface area (Å²) in [6, 6.07) is -0.252. The summed E-state index contributed by atoms with van der Waals surface area (Å²) in [5.74, 6) is 0.338. The molecule has 1 aliphatic carbocycles. The summed E-state index contributed by atoms with van der Waals surface area (Å²) in [5.41, 5.74) is 5.78. The maximum absolute atomic E-state index is 12.1. The molecule has 0 aromatic heterocycles. The topological polar surface area (TPSA) is 35.2 Å². The van der Waals surface area contributed by atoms with E-state index >= 15 is 0 Å². The molecule has 5 heteroatoms. The molecule has 0 aromatic rings. The zero-order chi connectivity index (χ0) is 11.5. The average Bonchev–Trinajstić information content (AvgIpc) is 2.64. The third-order valence-electron chi connectivity index (χ3n) is 3.00. The molecule has 0 aromatic carbocycles. The molecule has 0 spiro atoms. The molecule has 0 aliphatic heterocycles. The van der Waals surface area contributed by atoms with Crippen LogP contribution in [0.2, 0.25) is 0 Å². The van der Waals surface area contributed by atoms with Crippen molar-refractivity contribution in [3.8, 4) is 0 Å². The summed E-state index contributed by atoms with van der Waals surface area (Å²) in [6.07, 6.45) is -1.70. The Morgan fingerprint density at radius 2 is 1.87 bits per heavy atom. The molecular weight excluding hydrogens is 207 g/mol. The van der Waals surface area contributed by atoms with E-state index in [0.29, 0.717) is 5.92 Å². The first-order chi connectivity index (χ1) is 6.91. The van der Waals surface area contributed by atoms with Crippen LogP contribution in [0.1, 0.15) is 32.6 Å². The van der Waals surface area contributed by atoms with Crippen molar-refractivity contribution in [3.63, 3.8) is 0 Å². The van der Waals surface area contributed by atoms with Gasteiger partial charge in [0.05, 0.1) is 6.61 Å². The molecule has 1 fully saturated rings. The summed E-state index contributed by atoms with van der Waals surface area (Å²) in [4.78, 5) is 0. The van der Waals surface area contributed by atoms with Gasteiger partial charge in [0.2, 0.25) is 0 Å². The zero-order valence-corrected chi connectivity index (χ0v) is 8.89. The van der Waals surface area contributed by atoms with Crippen molar-refractivity contribution in [2.75, 3.05) is 6.61 Å². The Bertz CT molecular complexity index is 190. The van der Waals surface area contributed by atoms with Gasteiger partial charge in [-0.2, -0.15) is 13.2 Å². The van der Waals surface area contributed by atoms with Gasteiger partial charge in [-0.05, 0) is 25.7 Å². The van der Waals surface area contributed by atoms with E-state index in [-0.39, 0.29) is 12.6 Å². The van der Waals surface area contributed by atoms with Crippen molar-refractivity contribution in [3.05, 3.63) is 0 Å². The van der Waals surface area contributed by atoms with Gasteiger partial charge in [0.25, 0.3) is 0 Å². The molecule has 1 saturated carbocycles. The van der Waals surface area contributed by atoms with E-state index in [4.69, 9.17) is 10.5 Å². The molecule has 2 N–H and O–H groups in total. The van der Waals surface area contributed by atoms with E-state index in [1.54, 1.807) is 0 Å². The van der Waals surface area contributed by atoms with Crippen molar-refractivity contribution >= 4 is 0 Å². The van der Waals surface area contributed by atoms with Crippen LogP contribution in [0.4, 0.5) is 13.2 Å². The van der Waals surface area contributed by atoms with Crippen molar-refractivity contribution < 1.29 is 17.9 Å². The summed E-state index contributed by atoms with van der Waals surface area (Å²) in [5, 5.41) is 0. The predicted molar refractivity (Wildman–Crippen MR) is 51.4 cm³/mol. The number of nitrogens with two attached hydrogens (primary N) is 1. The maximum atomic E-state index is 12.1. The lowest BCUT2D eigenvalue weighted by molar-refractivity contribution is -0.215. The lowest BCUT2D eigenvalue weighted by atomic mass is 10.00. The van der Waals surface area contributed by atoms with E-state index in [9.17, 15) is 13.2 Å². The average molecular weight is 225 g/mol. The fourth-order valence-electron chi connectivity index (χ4n) is 1.87. The second-order valence-corrected chi connectivity index (χ2v) is 4.23. The van der Waals surface area contributed by atoms with Gasteiger partial charge in [-0.25, -0.2) is 0 Å². The second kappa shape index (κ2) is 5.16. The Morgan fingerprint density at radius 1 is 1.33 bits per heavy atom. The van der Waals surface area contributed by atoms with Crippen LogP contribution in [0.15, 0.2) is 0 Å². The first kappa shape index (κ1) is 12.8. The lowest BCUT2D eigenvalue weighted by Crippen LogP contribution is -2.38. The largest absolute Gasteiger partial charge is 0.414 e. The fourth-order valence-corrected chi connectivity index (χ4v) is 1.87. The van der Waals surface area contributed by atoms with Crippen molar-refractivity contribution in [1.82, 2.24) is 0 Å². The first-order valence-electron chi connectivity index (χ1n) is 5.35. The number of hydrogen-bond acceptors (Lipinski definition) is 2. The summed E-state index contributed by atoms with van der Waals surface area (Å²) >= 11 is 0. The molecule has 2 atom stereocenters. The standard InChI is InChI=1S/C10H18F3NO/c1-7(10(11,12)13)15-6-9(14)8-4-2-3-5-8/h7-9H,2-6,14H2,1H3. The molecule has 0 amide bonds. The zero-order valence-electron chi connectivity index (χ0n) is 8.89. The summed E-state index contributed by atoms with van der Waals surface area (Å²) < 4.78 is 41.1. The van der Waals surface area contributed by atoms with Crippen LogP contribution in [-0.4, -0.2) is 24.9 Å². The highest BCUT2D eigenvalue weighted by molar-refractivity contribution is 4.78. The van der Waals surface area contributed by atoms with Gasteiger partial charge >= 0.3 is 6.18 Å². The van der Waals surface area contributed by atoms with Gasteiger partial charge in [0.15, 0.2) is 6.10 Å². The minimum Gasteiger partial charge on any atom is -0.367 e.